The highest BCUT2D eigenvalue weighted by Crippen LogP contribution is 2.18. The molecule has 1 aliphatic rings. The minimum absolute atomic E-state index is 0.112. The molecule has 6 nitrogen and oxygen atoms in total. The lowest BCUT2D eigenvalue weighted by atomic mass is 10.2. The average Bonchev–Trinajstić information content (AvgIpc) is 2.45. The van der Waals surface area contributed by atoms with Crippen LogP contribution in [0.2, 0.25) is 0 Å². The Kier molecular flexibility index (Phi) is 5.70. The number of rotatable bonds is 6. The summed E-state index contributed by atoms with van der Waals surface area (Å²) in [5.41, 5.74) is 0.654. The minimum atomic E-state index is -0.135. The maximum absolute atomic E-state index is 11.7. The van der Waals surface area contributed by atoms with Gasteiger partial charge in [-0.1, -0.05) is 13.8 Å². The number of aromatic nitrogens is 2. The molecule has 0 amide bonds. The third-order valence-electron chi connectivity index (χ3n) is 3.36. The molecule has 0 bridgehead atoms. The number of ether oxygens (including phenoxy) is 1. The fraction of sp³-hybridized carbons (Fsp3) is 0.714. The predicted octanol–water partition coefficient (Wildman–Crippen LogP) is 0.663. The molecule has 1 atom stereocenters. The molecule has 1 aliphatic heterocycles. The molecule has 1 unspecified atom stereocenters. The first-order valence-corrected chi connectivity index (χ1v) is 7.37. The Labute approximate surface area is 119 Å². The monoisotopic (exact) mass is 280 g/mol. The smallest absolute Gasteiger partial charge is 0.251 e. The van der Waals surface area contributed by atoms with Crippen LogP contribution in [0.4, 0.5) is 0 Å². The molecule has 1 fully saturated rings. The molecule has 6 heteroatoms. The topological polar surface area (TPSA) is 70.2 Å². The van der Waals surface area contributed by atoms with Gasteiger partial charge in [0.2, 0.25) is 0 Å². The maximum atomic E-state index is 11.7. The van der Waals surface area contributed by atoms with Crippen LogP contribution in [-0.4, -0.2) is 47.7 Å². The quantitative estimate of drug-likeness (QED) is 0.801. The Bertz CT molecular complexity index is 472. The SMILES string of the molecule is CCCN1CCOC(c2nc(CNCC)cc(=O)[nH]2)C1. The molecule has 2 N–H and O–H groups in total. The van der Waals surface area contributed by atoms with Gasteiger partial charge in [0.25, 0.3) is 5.56 Å². The fourth-order valence-corrected chi connectivity index (χ4v) is 2.41. The highest BCUT2D eigenvalue weighted by Gasteiger charge is 2.23. The van der Waals surface area contributed by atoms with E-state index in [1.165, 1.54) is 0 Å². The molecule has 2 heterocycles. The Hall–Kier alpha value is -1.24. The summed E-state index contributed by atoms with van der Waals surface area (Å²) in [7, 11) is 0. The lowest BCUT2D eigenvalue weighted by molar-refractivity contribution is -0.0344. The van der Waals surface area contributed by atoms with Gasteiger partial charge in [0.1, 0.15) is 11.9 Å². The molecule has 2 rings (SSSR count). The van der Waals surface area contributed by atoms with Crippen molar-refractivity contribution in [2.75, 3.05) is 32.8 Å². The first-order chi connectivity index (χ1) is 9.72. The first-order valence-electron chi connectivity index (χ1n) is 7.37. The van der Waals surface area contributed by atoms with Gasteiger partial charge in [0, 0.05) is 25.7 Å². The van der Waals surface area contributed by atoms with Crippen molar-refractivity contribution < 1.29 is 4.74 Å². The predicted molar refractivity (Wildman–Crippen MR) is 77.7 cm³/mol. The van der Waals surface area contributed by atoms with Crippen LogP contribution in [-0.2, 0) is 11.3 Å². The van der Waals surface area contributed by atoms with Gasteiger partial charge in [0.05, 0.1) is 12.3 Å². The fourth-order valence-electron chi connectivity index (χ4n) is 2.41. The third-order valence-corrected chi connectivity index (χ3v) is 3.36. The summed E-state index contributed by atoms with van der Waals surface area (Å²) in [5.74, 6) is 0.645. The summed E-state index contributed by atoms with van der Waals surface area (Å²) in [6.45, 7) is 9.15. The Morgan fingerprint density at radius 2 is 2.40 bits per heavy atom. The van der Waals surface area contributed by atoms with E-state index in [0.717, 1.165) is 38.3 Å². The van der Waals surface area contributed by atoms with Crippen LogP contribution in [0, 0.1) is 0 Å². The molecular formula is C14H24N4O2. The molecule has 20 heavy (non-hydrogen) atoms. The van der Waals surface area contributed by atoms with Gasteiger partial charge in [-0.15, -0.1) is 0 Å². The van der Waals surface area contributed by atoms with Crippen LogP contribution in [0.1, 0.15) is 37.9 Å². The van der Waals surface area contributed by atoms with E-state index in [2.05, 4.69) is 27.1 Å². The molecule has 1 saturated heterocycles. The number of nitrogens with zero attached hydrogens (tertiary/aromatic N) is 2. The van der Waals surface area contributed by atoms with Crippen LogP contribution >= 0.6 is 0 Å². The van der Waals surface area contributed by atoms with Crippen LogP contribution in [0.25, 0.3) is 0 Å². The lowest BCUT2D eigenvalue weighted by Gasteiger charge is -2.32. The van der Waals surface area contributed by atoms with E-state index in [-0.39, 0.29) is 11.7 Å². The van der Waals surface area contributed by atoms with Crippen molar-refractivity contribution in [3.8, 4) is 0 Å². The standard InChI is InChI=1S/C14H24N4O2/c1-3-5-18-6-7-20-12(10-18)14-16-11(9-15-4-2)8-13(19)17-14/h8,12,15H,3-7,9-10H2,1-2H3,(H,16,17,19). The van der Waals surface area contributed by atoms with Gasteiger partial charge < -0.3 is 15.0 Å². The molecular weight excluding hydrogens is 256 g/mol. The number of aromatic amines is 1. The maximum Gasteiger partial charge on any atom is 0.251 e. The summed E-state index contributed by atoms with van der Waals surface area (Å²) in [4.78, 5) is 21.4. The van der Waals surface area contributed by atoms with Crippen molar-refractivity contribution in [3.63, 3.8) is 0 Å². The highest BCUT2D eigenvalue weighted by atomic mass is 16.5. The second-order valence-corrected chi connectivity index (χ2v) is 5.06. The van der Waals surface area contributed by atoms with Crippen LogP contribution in [0.3, 0.4) is 0 Å². The summed E-state index contributed by atoms with van der Waals surface area (Å²) < 4.78 is 5.76. The van der Waals surface area contributed by atoms with Gasteiger partial charge in [0.15, 0.2) is 0 Å². The molecule has 1 aromatic rings. The van der Waals surface area contributed by atoms with Gasteiger partial charge >= 0.3 is 0 Å². The Balaban J connectivity index is 2.10. The van der Waals surface area contributed by atoms with Gasteiger partial charge in [-0.25, -0.2) is 4.98 Å². The number of nitrogens with one attached hydrogen (secondary N) is 2. The molecule has 112 valence electrons. The van der Waals surface area contributed by atoms with E-state index in [9.17, 15) is 4.79 Å². The Morgan fingerprint density at radius 1 is 1.55 bits per heavy atom. The van der Waals surface area contributed by atoms with Gasteiger partial charge in [-0.05, 0) is 19.5 Å². The van der Waals surface area contributed by atoms with E-state index >= 15 is 0 Å². The molecule has 0 aliphatic carbocycles. The first kappa shape index (κ1) is 15.2. The summed E-state index contributed by atoms with van der Waals surface area (Å²) in [6, 6.07) is 1.54. The Morgan fingerprint density at radius 3 is 3.15 bits per heavy atom. The summed E-state index contributed by atoms with van der Waals surface area (Å²) in [6.07, 6.45) is 0.987. The zero-order valence-corrected chi connectivity index (χ0v) is 12.3. The lowest BCUT2D eigenvalue weighted by Crippen LogP contribution is -2.39. The highest BCUT2D eigenvalue weighted by molar-refractivity contribution is 5.05. The van der Waals surface area contributed by atoms with Crippen molar-refractivity contribution in [3.05, 3.63) is 27.9 Å². The van der Waals surface area contributed by atoms with Crippen molar-refractivity contribution in [1.29, 1.82) is 0 Å². The number of morpholine rings is 1. The molecule has 1 aromatic heterocycles. The average molecular weight is 280 g/mol. The zero-order chi connectivity index (χ0) is 14.4. The largest absolute Gasteiger partial charge is 0.368 e. The summed E-state index contributed by atoms with van der Waals surface area (Å²) in [5, 5.41) is 3.18. The minimum Gasteiger partial charge on any atom is -0.368 e. The van der Waals surface area contributed by atoms with E-state index in [1.54, 1.807) is 6.07 Å². The van der Waals surface area contributed by atoms with E-state index in [0.29, 0.717) is 19.0 Å². The summed E-state index contributed by atoms with van der Waals surface area (Å²) >= 11 is 0. The number of hydrogen-bond acceptors (Lipinski definition) is 5. The van der Waals surface area contributed by atoms with Crippen molar-refractivity contribution in [1.82, 2.24) is 20.2 Å². The van der Waals surface area contributed by atoms with Crippen molar-refractivity contribution >= 4 is 0 Å². The van der Waals surface area contributed by atoms with Crippen LogP contribution in [0.15, 0.2) is 10.9 Å². The number of hydrogen-bond donors (Lipinski definition) is 2. The number of H-pyrrole nitrogens is 1. The molecule has 0 saturated carbocycles. The molecule has 0 aromatic carbocycles. The van der Waals surface area contributed by atoms with Gasteiger partial charge in [-0.3, -0.25) is 9.69 Å². The van der Waals surface area contributed by atoms with Crippen molar-refractivity contribution in [2.45, 2.75) is 32.9 Å². The van der Waals surface area contributed by atoms with Gasteiger partial charge in [-0.2, -0.15) is 0 Å². The van der Waals surface area contributed by atoms with Crippen LogP contribution in [0.5, 0.6) is 0 Å². The second kappa shape index (κ2) is 7.52. The zero-order valence-electron chi connectivity index (χ0n) is 12.3. The molecule has 0 radical (unpaired) electrons. The van der Waals surface area contributed by atoms with E-state index in [4.69, 9.17) is 4.74 Å². The third kappa shape index (κ3) is 4.13. The van der Waals surface area contributed by atoms with E-state index < -0.39 is 0 Å². The molecule has 0 spiro atoms. The second-order valence-electron chi connectivity index (χ2n) is 5.06. The van der Waals surface area contributed by atoms with E-state index in [1.807, 2.05) is 6.92 Å². The van der Waals surface area contributed by atoms with Crippen LogP contribution < -0.4 is 10.9 Å². The normalized spacial score (nSPS) is 20.2. The van der Waals surface area contributed by atoms with Crippen molar-refractivity contribution in [2.24, 2.45) is 0 Å².